The van der Waals surface area contributed by atoms with Crippen LogP contribution in [-0.4, -0.2) is 30.1 Å². The van der Waals surface area contributed by atoms with Crippen molar-refractivity contribution >= 4 is 23.5 Å². The average molecular weight is 441 g/mol. The fourth-order valence-corrected chi connectivity index (χ4v) is 4.45. The second kappa shape index (κ2) is 8.81. The molecule has 2 aromatic carbocycles. The van der Waals surface area contributed by atoms with Gasteiger partial charge < -0.3 is 19.8 Å². The highest BCUT2D eigenvalue weighted by Crippen LogP contribution is 2.42. The number of nitrogens with one attached hydrogen (secondary N) is 2. The van der Waals surface area contributed by atoms with E-state index in [9.17, 15) is 14.0 Å². The van der Waals surface area contributed by atoms with E-state index in [1.165, 1.54) is 38.1 Å². The maximum atomic E-state index is 13.4. The van der Waals surface area contributed by atoms with Gasteiger partial charge in [0.2, 0.25) is 5.91 Å². The number of aromatic amines is 1. The second-order valence-electron chi connectivity index (χ2n) is 6.94. The normalized spacial score (nSPS) is 15.2. The summed E-state index contributed by atoms with van der Waals surface area (Å²) < 4.78 is 24.3. The molecular weight excluding hydrogens is 421 g/mol. The lowest BCUT2D eigenvalue weighted by atomic mass is 9.86. The van der Waals surface area contributed by atoms with Crippen LogP contribution in [0.1, 0.15) is 29.0 Å². The number of anilines is 1. The molecule has 1 aromatic heterocycles. The Kier molecular flexibility index (Phi) is 5.94. The molecule has 31 heavy (non-hydrogen) atoms. The summed E-state index contributed by atoms with van der Waals surface area (Å²) in [6, 6.07) is 11.6. The quantitative estimate of drug-likeness (QED) is 0.448. The van der Waals surface area contributed by atoms with Gasteiger partial charge >= 0.3 is 0 Å². The third kappa shape index (κ3) is 4.27. The van der Waals surface area contributed by atoms with Gasteiger partial charge in [0.15, 0.2) is 16.7 Å². The van der Waals surface area contributed by atoms with Gasteiger partial charge in [-0.05, 0) is 23.8 Å². The number of hydrogen-bond donors (Lipinski definition) is 2. The number of ether oxygens (including phenoxy) is 2. The van der Waals surface area contributed by atoms with Crippen LogP contribution in [0.4, 0.5) is 10.2 Å². The molecule has 1 aliphatic rings. The Morgan fingerprint density at radius 3 is 2.71 bits per heavy atom. The molecule has 0 saturated heterocycles. The molecule has 4 rings (SSSR count). The molecule has 1 unspecified atom stereocenters. The number of H-pyrrole nitrogens is 1. The van der Waals surface area contributed by atoms with Crippen molar-refractivity contribution in [2.75, 3.05) is 19.5 Å². The van der Waals surface area contributed by atoms with Gasteiger partial charge in [0, 0.05) is 23.7 Å². The minimum absolute atomic E-state index is 0.0804. The van der Waals surface area contributed by atoms with E-state index in [-0.39, 0.29) is 29.5 Å². The zero-order chi connectivity index (χ0) is 22.0. The number of thioether (sulfide) groups is 1. The number of methoxy groups -OCH3 is 2. The Bertz CT molecular complexity index is 1200. The fourth-order valence-electron chi connectivity index (χ4n) is 3.65. The maximum absolute atomic E-state index is 13.4. The monoisotopic (exact) mass is 441 g/mol. The summed E-state index contributed by atoms with van der Waals surface area (Å²) in [5.41, 5.74) is 1.45. The van der Waals surface area contributed by atoms with E-state index in [2.05, 4.69) is 15.3 Å². The molecule has 0 radical (unpaired) electrons. The summed E-state index contributed by atoms with van der Waals surface area (Å²) >= 11 is 1.25. The van der Waals surface area contributed by atoms with Crippen LogP contribution in [-0.2, 0) is 10.5 Å². The highest BCUT2D eigenvalue weighted by atomic mass is 32.2. The lowest BCUT2D eigenvalue weighted by molar-refractivity contribution is -0.116. The van der Waals surface area contributed by atoms with Crippen LogP contribution in [0.2, 0.25) is 0 Å². The SMILES string of the molecule is COc1cccc(C2CC(=O)Nc3nc(SCc4cccc(F)c4)[nH]c(=O)c32)c1OC. The van der Waals surface area contributed by atoms with Crippen LogP contribution < -0.4 is 20.3 Å². The number of fused-ring (bicyclic) bond motifs is 1. The van der Waals surface area contributed by atoms with E-state index >= 15 is 0 Å². The first-order valence-electron chi connectivity index (χ1n) is 9.52. The molecule has 1 amide bonds. The number of carbonyl (C=O) groups is 1. The van der Waals surface area contributed by atoms with Crippen molar-refractivity contribution in [3.63, 3.8) is 0 Å². The molecule has 2 N–H and O–H groups in total. The van der Waals surface area contributed by atoms with Gasteiger partial charge in [0.1, 0.15) is 11.6 Å². The minimum Gasteiger partial charge on any atom is -0.493 e. The van der Waals surface area contributed by atoms with Crippen molar-refractivity contribution in [3.8, 4) is 11.5 Å². The number of rotatable bonds is 6. The van der Waals surface area contributed by atoms with E-state index in [1.807, 2.05) is 0 Å². The van der Waals surface area contributed by atoms with Gasteiger partial charge in [0.05, 0.1) is 19.8 Å². The number of carbonyl (C=O) groups excluding carboxylic acids is 1. The Balaban J connectivity index is 1.70. The first-order chi connectivity index (χ1) is 15.0. The molecule has 1 aliphatic heterocycles. The summed E-state index contributed by atoms with van der Waals surface area (Å²) in [5, 5.41) is 3.04. The highest BCUT2D eigenvalue weighted by Gasteiger charge is 2.33. The van der Waals surface area contributed by atoms with E-state index in [0.29, 0.717) is 33.5 Å². The molecular formula is C22H20FN3O4S. The highest BCUT2D eigenvalue weighted by molar-refractivity contribution is 7.98. The maximum Gasteiger partial charge on any atom is 0.257 e. The van der Waals surface area contributed by atoms with Crippen LogP contribution in [0.25, 0.3) is 0 Å². The Morgan fingerprint density at radius 1 is 1.16 bits per heavy atom. The largest absolute Gasteiger partial charge is 0.493 e. The smallest absolute Gasteiger partial charge is 0.257 e. The van der Waals surface area contributed by atoms with E-state index in [0.717, 1.165) is 5.56 Å². The van der Waals surface area contributed by atoms with Crippen LogP contribution in [0.3, 0.4) is 0 Å². The Labute approximate surface area is 182 Å². The van der Waals surface area contributed by atoms with Crippen LogP contribution in [0.15, 0.2) is 52.4 Å². The number of benzene rings is 2. The third-order valence-corrected chi connectivity index (χ3v) is 5.95. The molecule has 0 aliphatic carbocycles. The zero-order valence-electron chi connectivity index (χ0n) is 16.9. The van der Waals surface area contributed by atoms with Crippen LogP contribution in [0, 0.1) is 5.82 Å². The molecule has 7 nitrogen and oxygen atoms in total. The first-order valence-corrected chi connectivity index (χ1v) is 10.5. The molecule has 9 heteroatoms. The molecule has 160 valence electrons. The van der Waals surface area contributed by atoms with Gasteiger partial charge in [-0.25, -0.2) is 9.37 Å². The Hall–Kier alpha value is -3.33. The van der Waals surface area contributed by atoms with Crippen molar-refractivity contribution in [3.05, 3.63) is 75.3 Å². The number of para-hydroxylation sites is 1. The Morgan fingerprint density at radius 2 is 1.97 bits per heavy atom. The number of aromatic nitrogens is 2. The predicted molar refractivity (Wildman–Crippen MR) is 115 cm³/mol. The fraction of sp³-hybridized carbons (Fsp3) is 0.227. The predicted octanol–water partition coefficient (Wildman–Crippen LogP) is 3.69. The first kappa shape index (κ1) is 20.9. The van der Waals surface area contributed by atoms with Crippen LogP contribution in [0.5, 0.6) is 11.5 Å². The molecule has 3 aromatic rings. The molecule has 0 bridgehead atoms. The summed E-state index contributed by atoms with van der Waals surface area (Å²) in [4.78, 5) is 32.6. The average Bonchev–Trinajstić information content (AvgIpc) is 2.76. The zero-order valence-corrected chi connectivity index (χ0v) is 17.7. The summed E-state index contributed by atoms with van der Waals surface area (Å²) in [6.07, 6.45) is 0.0804. The minimum atomic E-state index is -0.535. The summed E-state index contributed by atoms with van der Waals surface area (Å²) in [6.45, 7) is 0. The third-order valence-electron chi connectivity index (χ3n) is 5.00. The number of hydrogen-bond acceptors (Lipinski definition) is 6. The van der Waals surface area contributed by atoms with E-state index in [1.54, 1.807) is 30.3 Å². The van der Waals surface area contributed by atoms with E-state index < -0.39 is 5.92 Å². The van der Waals surface area contributed by atoms with Gasteiger partial charge in [-0.15, -0.1) is 0 Å². The van der Waals surface area contributed by atoms with Crippen molar-refractivity contribution < 1.29 is 18.7 Å². The van der Waals surface area contributed by atoms with Gasteiger partial charge in [-0.1, -0.05) is 36.0 Å². The van der Waals surface area contributed by atoms with Crippen molar-refractivity contribution in [2.24, 2.45) is 0 Å². The summed E-state index contributed by atoms with van der Waals surface area (Å²) in [5.74, 6) is 0.511. The standard InChI is InChI=1S/C22H20FN3O4S/c1-29-16-8-4-7-14(19(16)30-2)15-10-17(27)24-20-18(15)21(28)26-22(25-20)31-11-12-5-3-6-13(23)9-12/h3-9,15H,10-11H2,1-2H3,(H2,24,25,26,27,28). The lowest BCUT2D eigenvalue weighted by Crippen LogP contribution is -2.31. The second-order valence-corrected chi connectivity index (χ2v) is 7.90. The summed E-state index contributed by atoms with van der Waals surface area (Å²) in [7, 11) is 3.04. The van der Waals surface area contributed by atoms with Crippen LogP contribution >= 0.6 is 11.8 Å². The topological polar surface area (TPSA) is 93.3 Å². The number of amides is 1. The van der Waals surface area contributed by atoms with E-state index in [4.69, 9.17) is 9.47 Å². The molecule has 0 saturated carbocycles. The van der Waals surface area contributed by atoms with Crippen molar-refractivity contribution in [1.29, 1.82) is 0 Å². The molecule has 0 spiro atoms. The molecule has 0 fully saturated rings. The van der Waals surface area contributed by atoms with Gasteiger partial charge in [-0.3, -0.25) is 9.59 Å². The number of nitrogens with zero attached hydrogens (tertiary/aromatic N) is 1. The molecule has 1 atom stereocenters. The van der Waals surface area contributed by atoms with Gasteiger partial charge in [-0.2, -0.15) is 0 Å². The van der Waals surface area contributed by atoms with Crippen molar-refractivity contribution in [2.45, 2.75) is 23.2 Å². The lowest BCUT2D eigenvalue weighted by Gasteiger charge is -2.26. The van der Waals surface area contributed by atoms with Gasteiger partial charge in [0.25, 0.3) is 5.56 Å². The molecule has 2 heterocycles. The van der Waals surface area contributed by atoms with Crippen molar-refractivity contribution in [1.82, 2.24) is 9.97 Å². The number of halogens is 1.